The summed E-state index contributed by atoms with van der Waals surface area (Å²) in [5.74, 6) is -0.366. The van der Waals surface area contributed by atoms with E-state index in [1.807, 2.05) is 31.2 Å². The van der Waals surface area contributed by atoms with Gasteiger partial charge in [0.15, 0.2) is 0 Å². The number of carbonyl (C=O) groups is 1. The van der Waals surface area contributed by atoms with E-state index in [4.69, 9.17) is 0 Å². The summed E-state index contributed by atoms with van der Waals surface area (Å²) >= 11 is 4.64. The molecule has 0 aliphatic heterocycles. The van der Waals surface area contributed by atoms with Crippen LogP contribution >= 0.6 is 27.7 Å². The fourth-order valence-electron chi connectivity index (χ4n) is 2.41. The molecule has 8 heteroatoms. The average Bonchev–Trinajstić information content (AvgIpc) is 2.71. The predicted octanol–water partition coefficient (Wildman–Crippen LogP) is 5.58. The molecule has 6 nitrogen and oxygen atoms in total. The first-order chi connectivity index (χ1) is 13.9. The molecule has 1 amide bonds. The van der Waals surface area contributed by atoms with Gasteiger partial charge in [-0.3, -0.25) is 14.9 Å². The van der Waals surface area contributed by atoms with Crippen LogP contribution in [0.3, 0.4) is 0 Å². The molecular weight excluding hydrogens is 454 g/mol. The SMILES string of the molecule is Cc1ccc(Sc2ccc(C=NNC(=O)c3ccc(Br)cc3)cc2[N+](=O)[O-])cc1. The van der Waals surface area contributed by atoms with Gasteiger partial charge in [0, 0.05) is 26.6 Å². The maximum Gasteiger partial charge on any atom is 0.283 e. The topological polar surface area (TPSA) is 84.6 Å². The molecule has 0 aliphatic rings. The molecule has 0 atom stereocenters. The Kier molecular flexibility index (Phi) is 6.79. The highest BCUT2D eigenvalue weighted by atomic mass is 79.9. The van der Waals surface area contributed by atoms with Gasteiger partial charge in [0.2, 0.25) is 0 Å². The van der Waals surface area contributed by atoms with E-state index in [1.54, 1.807) is 36.4 Å². The van der Waals surface area contributed by atoms with Crippen molar-refractivity contribution in [3.63, 3.8) is 0 Å². The molecule has 0 aliphatic carbocycles. The quantitative estimate of drug-likeness (QED) is 0.290. The molecule has 0 heterocycles. The zero-order valence-electron chi connectivity index (χ0n) is 15.3. The van der Waals surface area contributed by atoms with Crippen molar-refractivity contribution in [2.24, 2.45) is 5.10 Å². The standard InChI is InChI=1S/C21H16BrN3O3S/c1-14-2-9-18(10-3-14)29-20-11-4-15(12-19(20)25(27)28)13-23-24-21(26)16-5-7-17(22)8-6-16/h2-13H,1H3,(H,24,26). The third-order valence-corrected chi connectivity index (χ3v) is 5.52. The molecular formula is C21H16BrN3O3S. The van der Waals surface area contributed by atoms with E-state index in [0.29, 0.717) is 16.0 Å². The van der Waals surface area contributed by atoms with Crippen LogP contribution in [0, 0.1) is 17.0 Å². The Morgan fingerprint density at radius 2 is 1.79 bits per heavy atom. The van der Waals surface area contributed by atoms with Gasteiger partial charge in [-0.15, -0.1) is 0 Å². The summed E-state index contributed by atoms with van der Waals surface area (Å²) in [6.45, 7) is 1.99. The van der Waals surface area contributed by atoms with Gasteiger partial charge in [-0.25, -0.2) is 5.43 Å². The normalized spacial score (nSPS) is 10.8. The van der Waals surface area contributed by atoms with Crippen molar-refractivity contribution in [2.75, 3.05) is 0 Å². The van der Waals surface area contributed by atoms with Gasteiger partial charge in [-0.2, -0.15) is 5.10 Å². The highest BCUT2D eigenvalue weighted by Gasteiger charge is 2.15. The van der Waals surface area contributed by atoms with Gasteiger partial charge >= 0.3 is 0 Å². The fraction of sp³-hybridized carbons (Fsp3) is 0.0476. The van der Waals surface area contributed by atoms with Crippen molar-refractivity contribution in [3.8, 4) is 0 Å². The number of nitrogens with one attached hydrogen (secondary N) is 1. The van der Waals surface area contributed by atoms with Crippen LogP contribution in [0.15, 0.2) is 86.1 Å². The summed E-state index contributed by atoms with van der Waals surface area (Å²) < 4.78 is 0.869. The van der Waals surface area contributed by atoms with Crippen molar-refractivity contribution in [3.05, 3.63) is 98.0 Å². The average molecular weight is 470 g/mol. The largest absolute Gasteiger partial charge is 0.283 e. The Bertz CT molecular complexity index is 1070. The summed E-state index contributed by atoms with van der Waals surface area (Å²) in [6, 6.07) is 19.5. The lowest BCUT2D eigenvalue weighted by atomic mass is 10.2. The second-order valence-electron chi connectivity index (χ2n) is 6.11. The molecule has 0 unspecified atom stereocenters. The Hall–Kier alpha value is -2.97. The van der Waals surface area contributed by atoms with Crippen LogP contribution in [0.2, 0.25) is 0 Å². The molecule has 3 aromatic rings. The van der Waals surface area contributed by atoms with Crippen LogP contribution in [0.1, 0.15) is 21.5 Å². The molecule has 146 valence electrons. The van der Waals surface area contributed by atoms with Crippen molar-refractivity contribution in [1.29, 1.82) is 0 Å². The molecule has 0 radical (unpaired) electrons. The number of carbonyl (C=O) groups excluding carboxylic acids is 1. The number of hydrogen-bond donors (Lipinski definition) is 1. The van der Waals surface area contributed by atoms with Crippen LogP contribution in [0.25, 0.3) is 0 Å². The minimum atomic E-state index is -0.422. The Balaban J connectivity index is 1.73. The van der Waals surface area contributed by atoms with E-state index in [1.165, 1.54) is 24.0 Å². The van der Waals surface area contributed by atoms with Crippen LogP contribution in [-0.4, -0.2) is 17.0 Å². The third kappa shape index (κ3) is 5.75. The number of nitro groups is 1. The van der Waals surface area contributed by atoms with Crippen molar-refractivity contribution >= 4 is 45.5 Å². The number of hydrazone groups is 1. The highest BCUT2D eigenvalue weighted by molar-refractivity contribution is 9.10. The lowest BCUT2D eigenvalue weighted by molar-refractivity contribution is -0.387. The van der Waals surface area contributed by atoms with E-state index in [2.05, 4.69) is 26.5 Å². The number of nitrogens with zero attached hydrogens (tertiary/aromatic N) is 2. The lowest BCUT2D eigenvalue weighted by Crippen LogP contribution is -2.17. The summed E-state index contributed by atoms with van der Waals surface area (Å²) in [5.41, 5.74) is 4.50. The number of benzene rings is 3. The number of rotatable bonds is 6. The van der Waals surface area contributed by atoms with E-state index >= 15 is 0 Å². The maximum absolute atomic E-state index is 12.1. The summed E-state index contributed by atoms with van der Waals surface area (Å²) in [6.07, 6.45) is 1.38. The summed E-state index contributed by atoms with van der Waals surface area (Å²) in [5, 5.41) is 15.4. The molecule has 29 heavy (non-hydrogen) atoms. The number of aryl methyl sites for hydroxylation is 1. The Morgan fingerprint density at radius 1 is 1.10 bits per heavy atom. The highest BCUT2D eigenvalue weighted by Crippen LogP contribution is 2.35. The van der Waals surface area contributed by atoms with E-state index in [-0.39, 0.29) is 11.6 Å². The van der Waals surface area contributed by atoms with Gasteiger partial charge < -0.3 is 0 Å². The fourth-order valence-corrected chi connectivity index (χ4v) is 3.57. The van der Waals surface area contributed by atoms with Crippen molar-refractivity contribution in [1.82, 2.24) is 5.43 Å². The van der Waals surface area contributed by atoms with Crippen LogP contribution in [-0.2, 0) is 0 Å². The molecule has 3 aromatic carbocycles. The first-order valence-electron chi connectivity index (χ1n) is 8.54. The Morgan fingerprint density at radius 3 is 2.45 bits per heavy atom. The summed E-state index contributed by atoms with van der Waals surface area (Å²) in [4.78, 5) is 24.6. The van der Waals surface area contributed by atoms with Gasteiger partial charge in [-0.1, -0.05) is 51.5 Å². The Labute approximate surface area is 180 Å². The molecule has 0 spiro atoms. The first kappa shape index (κ1) is 20.8. The van der Waals surface area contributed by atoms with Crippen LogP contribution < -0.4 is 5.43 Å². The van der Waals surface area contributed by atoms with E-state index < -0.39 is 4.92 Å². The monoisotopic (exact) mass is 469 g/mol. The van der Waals surface area contributed by atoms with Crippen LogP contribution in [0.5, 0.6) is 0 Å². The summed E-state index contributed by atoms with van der Waals surface area (Å²) in [7, 11) is 0. The predicted molar refractivity (Wildman–Crippen MR) is 118 cm³/mol. The minimum Gasteiger partial charge on any atom is -0.267 e. The van der Waals surface area contributed by atoms with Crippen LogP contribution in [0.4, 0.5) is 5.69 Å². The number of nitro benzene ring substituents is 1. The van der Waals surface area contributed by atoms with Gasteiger partial charge in [0.05, 0.1) is 16.0 Å². The first-order valence-corrected chi connectivity index (χ1v) is 10.2. The smallest absolute Gasteiger partial charge is 0.267 e. The number of halogens is 1. The molecule has 0 aromatic heterocycles. The second-order valence-corrected chi connectivity index (χ2v) is 8.14. The lowest BCUT2D eigenvalue weighted by Gasteiger charge is -2.05. The van der Waals surface area contributed by atoms with Gasteiger partial charge in [0.25, 0.3) is 11.6 Å². The number of hydrogen-bond acceptors (Lipinski definition) is 5. The number of amides is 1. The van der Waals surface area contributed by atoms with E-state index in [0.717, 1.165) is 14.9 Å². The second kappa shape index (κ2) is 9.49. The van der Waals surface area contributed by atoms with Crippen molar-refractivity contribution < 1.29 is 9.72 Å². The molecule has 0 fully saturated rings. The zero-order chi connectivity index (χ0) is 20.8. The van der Waals surface area contributed by atoms with Gasteiger partial charge in [0.1, 0.15) is 0 Å². The third-order valence-electron chi connectivity index (χ3n) is 3.91. The molecule has 3 rings (SSSR count). The van der Waals surface area contributed by atoms with E-state index in [9.17, 15) is 14.9 Å². The zero-order valence-corrected chi connectivity index (χ0v) is 17.7. The molecule has 1 N–H and O–H groups in total. The minimum absolute atomic E-state index is 0.0150. The molecule has 0 bridgehead atoms. The molecule has 0 saturated heterocycles. The molecule has 0 saturated carbocycles. The van der Waals surface area contributed by atoms with Crippen molar-refractivity contribution in [2.45, 2.75) is 16.7 Å². The van der Waals surface area contributed by atoms with Gasteiger partial charge in [-0.05, 0) is 49.4 Å². The maximum atomic E-state index is 12.1.